The fourth-order valence-electron chi connectivity index (χ4n) is 4.16. The van der Waals surface area contributed by atoms with Gasteiger partial charge in [0.2, 0.25) is 5.89 Å². The summed E-state index contributed by atoms with van der Waals surface area (Å²) in [7, 11) is 0. The van der Waals surface area contributed by atoms with Crippen molar-refractivity contribution in [2.75, 3.05) is 13.1 Å². The van der Waals surface area contributed by atoms with Gasteiger partial charge in [0.05, 0.1) is 11.1 Å². The molecule has 21 heavy (non-hydrogen) atoms. The van der Waals surface area contributed by atoms with E-state index < -0.39 is 5.91 Å². The number of piperidine rings is 1. The molecule has 2 unspecified atom stereocenters. The summed E-state index contributed by atoms with van der Waals surface area (Å²) in [5.41, 5.74) is 7.02. The average molecular weight is 285 g/mol. The highest BCUT2D eigenvalue weighted by Gasteiger charge is 2.54. The van der Waals surface area contributed by atoms with Crippen LogP contribution in [0, 0.1) is 5.92 Å². The largest absolute Gasteiger partial charge is 0.438 e. The quantitative estimate of drug-likeness (QED) is 0.939. The first-order valence-electron chi connectivity index (χ1n) is 7.59. The fraction of sp³-hybridized carbons (Fsp3) is 0.500. The standard InChI is InChI=1S/C16H19N3O2/c1-2-19-9-10-6-7-16(19,8-10)15-18-12-5-3-4-11(14(17)20)13(12)21-15/h3-5,10H,2,6-9H2,1H3,(H2,17,20). The molecule has 1 saturated heterocycles. The smallest absolute Gasteiger partial charge is 0.252 e. The van der Waals surface area contributed by atoms with Gasteiger partial charge in [0.15, 0.2) is 5.58 Å². The number of carbonyl (C=O) groups excluding carboxylic acids is 1. The minimum atomic E-state index is -0.469. The maximum Gasteiger partial charge on any atom is 0.252 e. The van der Waals surface area contributed by atoms with Crippen molar-refractivity contribution >= 4 is 17.0 Å². The molecule has 1 aromatic carbocycles. The van der Waals surface area contributed by atoms with Gasteiger partial charge in [-0.25, -0.2) is 4.98 Å². The average Bonchev–Trinajstić information content (AvgIpc) is 3.17. The van der Waals surface area contributed by atoms with E-state index in [9.17, 15) is 4.79 Å². The van der Waals surface area contributed by atoms with Crippen LogP contribution in [0.1, 0.15) is 42.4 Å². The monoisotopic (exact) mass is 285 g/mol. The Bertz CT molecular complexity index is 723. The Morgan fingerprint density at radius 1 is 1.57 bits per heavy atom. The Balaban J connectivity index is 1.88. The topological polar surface area (TPSA) is 72.4 Å². The van der Waals surface area contributed by atoms with Crippen LogP contribution in [0.25, 0.3) is 11.1 Å². The molecule has 1 aromatic heterocycles. The van der Waals surface area contributed by atoms with Crippen molar-refractivity contribution in [3.8, 4) is 0 Å². The normalized spacial score (nSPS) is 28.5. The van der Waals surface area contributed by atoms with E-state index in [1.165, 1.54) is 6.42 Å². The number of para-hydroxylation sites is 1. The van der Waals surface area contributed by atoms with E-state index in [4.69, 9.17) is 10.2 Å². The molecular formula is C16H19N3O2. The van der Waals surface area contributed by atoms with E-state index in [1.54, 1.807) is 12.1 Å². The van der Waals surface area contributed by atoms with Gasteiger partial charge in [-0.2, -0.15) is 0 Å². The molecule has 2 N–H and O–H groups in total. The number of nitrogens with zero attached hydrogens (tertiary/aromatic N) is 2. The highest BCUT2D eigenvalue weighted by Crippen LogP contribution is 2.52. The molecule has 2 aromatic rings. The van der Waals surface area contributed by atoms with Crippen LogP contribution in [0.15, 0.2) is 22.6 Å². The third kappa shape index (κ3) is 1.67. The first kappa shape index (κ1) is 12.8. The van der Waals surface area contributed by atoms with Gasteiger partial charge in [0.25, 0.3) is 5.91 Å². The summed E-state index contributed by atoms with van der Waals surface area (Å²) in [6, 6.07) is 5.38. The van der Waals surface area contributed by atoms with Crippen LogP contribution in [-0.4, -0.2) is 28.9 Å². The zero-order valence-corrected chi connectivity index (χ0v) is 12.1. The maximum absolute atomic E-state index is 11.5. The van der Waals surface area contributed by atoms with E-state index in [0.29, 0.717) is 11.1 Å². The summed E-state index contributed by atoms with van der Waals surface area (Å²) in [5, 5.41) is 0. The van der Waals surface area contributed by atoms with Gasteiger partial charge in [0, 0.05) is 6.54 Å². The number of amides is 1. The van der Waals surface area contributed by atoms with Crippen molar-refractivity contribution in [2.24, 2.45) is 11.7 Å². The summed E-state index contributed by atoms with van der Waals surface area (Å²) < 4.78 is 6.04. The predicted molar refractivity (Wildman–Crippen MR) is 78.8 cm³/mol. The van der Waals surface area contributed by atoms with Crippen LogP contribution in [0.4, 0.5) is 0 Å². The Kier molecular flexibility index (Phi) is 2.63. The second kappa shape index (κ2) is 4.31. The van der Waals surface area contributed by atoms with Crippen molar-refractivity contribution in [2.45, 2.75) is 31.7 Å². The number of primary amides is 1. The zero-order chi connectivity index (χ0) is 14.6. The Hall–Kier alpha value is -1.88. The third-order valence-electron chi connectivity index (χ3n) is 5.14. The second-order valence-electron chi connectivity index (χ2n) is 6.22. The number of fused-ring (bicyclic) bond motifs is 3. The van der Waals surface area contributed by atoms with Crippen LogP contribution >= 0.6 is 0 Å². The van der Waals surface area contributed by atoms with Gasteiger partial charge in [-0.15, -0.1) is 0 Å². The summed E-state index contributed by atoms with van der Waals surface area (Å²) in [6.45, 7) is 4.30. The molecule has 2 aliphatic rings. The Morgan fingerprint density at radius 3 is 3.14 bits per heavy atom. The van der Waals surface area contributed by atoms with Crippen LogP contribution < -0.4 is 5.73 Å². The SMILES string of the molecule is CCN1CC2CCC1(c1nc3cccc(C(N)=O)c3o1)C2. The number of hydrogen-bond acceptors (Lipinski definition) is 4. The molecule has 2 heterocycles. The number of carbonyl (C=O) groups is 1. The molecule has 2 atom stereocenters. The van der Waals surface area contributed by atoms with E-state index in [-0.39, 0.29) is 5.54 Å². The Labute approximate surface area is 123 Å². The van der Waals surface area contributed by atoms with Gasteiger partial charge in [-0.05, 0) is 43.9 Å². The lowest BCUT2D eigenvalue weighted by Gasteiger charge is -2.35. The number of aromatic nitrogens is 1. The summed E-state index contributed by atoms with van der Waals surface area (Å²) >= 11 is 0. The van der Waals surface area contributed by atoms with Crippen LogP contribution in [0.3, 0.4) is 0 Å². The molecular weight excluding hydrogens is 266 g/mol. The molecule has 110 valence electrons. The Morgan fingerprint density at radius 2 is 2.43 bits per heavy atom. The van der Waals surface area contributed by atoms with Gasteiger partial charge in [-0.3, -0.25) is 9.69 Å². The van der Waals surface area contributed by atoms with E-state index >= 15 is 0 Å². The van der Waals surface area contributed by atoms with Crippen molar-refractivity contribution in [3.63, 3.8) is 0 Å². The highest BCUT2D eigenvalue weighted by atomic mass is 16.4. The minimum Gasteiger partial charge on any atom is -0.438 e. The number of benzene rings is 1. The molecule has 5 nitrogen and oxygen atoms in total. The van der Waals surface area contributed by atoms with E-state index in [0.717, 1.165) is 43.3 Å². The summed E-state index contributed by atoms with van der Waals surface area (Å²) in [5.74, 6) is 1.03. The molecule has 0 radical (unpaired) electrons. The number of oxazole rings is 1. The second-order valence-corrected chi connectivity index (χ2v) is 6.22. The van der Waals surface area contributed by atoms with Crippen LogP contribution in [0.2, 0.25) is 0 Å². The number of nitrogens with two attached hydrogens (primary N) is 1. The third-order valence-corrected chi connectivity index (χ3v) is 5.14. The van der Waals surface area contributed by atoms with Crippen LogP contribution in [0.5, 0.6) is 0 Å². The van der Waals surface area contributed by atoms with Crippen molar-refractivity contribution in [1.29, 1.82) is 0 Å². The van der Waals surface area contributed by atoms with Crippen molar-refractivity contribution < 1.29 is 9.21 Å². The van der Waals surface area contributed by atoms with Crippen molar-refractivity contribution in [3.05, 3.63) is 29.7 Å². The van der Waals surface area contributed by atoms with Gasteiger partial charge in [-0.1, -0.05) is 13.0 Å². The van der Waals surface area contributed by atoms with Gasteiger partial charge >= 0.3 is 0 Å². The van der Waals surface area contributed by atoms with Crippen molar-refractivity contribution in [1.82, 2.24) is 9.88 Å². The number of hydrogen-bond donors (Lipinski definition) is 1. The van der Waals surface area contributed by atoms with E-state index in [2.05, 4.69) is 16.8 Å². The summed E-state index contributed by atoms with van der Waals surface area (Å²) in [4.78, 5) is 18.7. The number of likely N-dealkylation sites (tertiary alicyclic amines) is 1. The van der Waals surface area contributed by atoms with E-state index in [1.807, 2.05) is 6.07 Å². The van der Waals surface area contributed by atoms with Gasteiger partial charge in [0.1, 0.15) is 5.52 Å². The molecule has 1 saturated carbocycles. The molecule has 1 aliphatic carbocycles. The first-order valence-corrected chi connectivity index (χ1v) is 7.59. The molecule has 1 aliphatic heterocycles. The lowest BCUT2D eigenvalue weighted by Crippen LogP contribution is -2.42. The predicted octanol–water partition coefficient (Wildman–Crippen LogP) is 2.26. The first-order chi connectivity index (χ1) is 10.1. The molecule has 2 bridgehead atoms. The molecule has 0 spiro atoms. The molecule has 5 heteroatoms. The highest BCUT2D eigenvalue weighted by molar-refractivity contribution is 6.03. The number of rotatable bonds is 3. The van der Waals surface area contributed by atoms with Gasteiger partial charge < -0.3 is 10.2 Å². The minimum absolute atomic E-state index is 0.0760. The molecule has 2 fully saturated rings. The van der Waals surface area contributed by atoms with Crippen LogP contribution in [-0.2, 0) is 5.54 Å². The lowest BCUT2D eigenvalue weighted by atomic mass is 9.97. The zero-order valence-electron chi connectivity index (χ0n) is 12.1. The lowest BCUT2D eigenvalue weighted by molar-refractivity contribution is 0.0943. The molecule has 1 amide bonds. The molecule has 4 rings (SSSR count). The summed E-state index contributed by atoms with van der Waals surface area (Å²) in [6.07, 6.45) is 3.43. The fourth-order valence-corrected chi connectivity index (χ4v) is 4.16. The maximum atomic E-state index is 11.5.